The van der Waals surface area contributed by atoms with Crippen molar-refractivity contribution in [2.75, 3.05) is 13.1 Å². The van der Waals surface area contributed by atoms with Crippen LogP contribution in [0.3, 0.4) is 0 Å². The van der Waals surface area contributed by atoms with Gasteiger partial charge in [-0.1, -0.05) is 6.07 Å². The number of ether oxygens (including phenoxy) is 1. The SMILES string of the molecule is CC(Oc1ccc([C@@H](C)O)cc1F)C(=O)N1CCCCC1. The Kier molecular flexibility index (Phi) is 5.17. The van der Waals surface area contributed by atoms with E-state index in [9.17, 15) is 14.3 Å². The second-order valence-corrected chi connectivity index (χ2v) is 5.51. The van der Waals surface area contributed by atoms with Gasteiger partial charge in [0.1, 0.15) is 0 Å². The van der Waals surface area contributed by atoms with Gasteiger partial charge in [-0.3, -0.25) is 4.79 Å². The highest BCUT2D eigenvalue weighted by molar-refractivity contribution is 5.81. The first-order chi connectivity index (χ1) is 9.99. The van der Waals surface area contributed by atoms with Crippen LogP contribution in [0.5, 0.6) is 5.75 Å². The molecule has 1 aliphatic rings. The van der Waals surface area contributed by atoms with Crippen LogP contribution in [0.15, 0.2) is 18.2 Å². The number of carbonyl (C=O) groups is 1. The molecule has 1 aromatic rings. The molecule has 5 heteroatoms. The van der Waals surface area contributed by atoms with Gasteiger partial charge in [-0.05, 0) is 50.8 Å². The average Bonchev–Trinajstić information content (AvgIpc) is 2.49. The maximum Gasteiger partial charge on any atom is 0.263 e. The average molecular weight is 295 g/mol. The largest absolute Gasteiger partial charge is 0.478 e. The number of carbonyl (C=O) groups excluding carboxylic acids is 1. The van der Waals surface area contributed by atoms with E-state index in [0.717, 1.165) is 32.4 Å². The molecule has 1 saturated heterocycles. The minimum absolute atomic E-state index is 0.0391. The third-order valence-electron chi connectivity index (χ3n) is 3.76. The molecule has 2 rings (SSSR count). The number of nitrogens with zero attached hydrogens (tertiary/aromatic N) is 1. The number of likely N-dealkylation sites (tertiary alicyclic amines) is 1. The zero-order chi connectivity index (χ0) is 15.4. The molecule has 0 saturated carbocycles. The van der Waals surface area contributed by atoms with Crippen LogP contribution in [-0.4, -0.2) is 35.1 Å². The van der Waals surface area contributed by atoms with Gasteiger partial charge in [-0.25, -0.2) is 4.39 Å². The van der Waals surface area contributed by atoms with Crippen molar-refractivity contribution in [3.8, 4) is 5.75 Å². The molecule has 4 nitrogen and oxygen atoms in total. The van der Waals surface area contributed by atoms with Gasteiger partial charge in [0.15, 0.2) is 17.7 Å². The van der Waals surface area contributed by atoms with Crippen LogP contribution in [0.4, 0.5) is 4.39 Å². The molecule has 1 aromatic carbocycles. The highest BCUT2D eigenvalue weighted by atomic mass is 19.1. The summed E-state index contributed by atoms with van der Waals surface area (Å²) in [7, 11) is 0. The third kappa shape index (κ3) is 3.94. The van der Waals surface area contributed by atoms with Crippen molar-refractivity contribution in [2.24, 2.45) is 0 Å². The Morgan fingerprint density at radius 2 is 1.95 bits per heavy atom. The number of hydrogen-bond donors (Lipinski definition) is 1. The Balaban J connectivity index is 2.01. The zero-order valence-corrected chi connectivity index (χ0v) is 12.5. The molecule has 2 atom stereocenters. The highest BCUT2D eigenvalue weighted by Crippen LogP contribution is 2.23. The first kappa shape index (κ1) is 15.8. The lowest BCUT2D eigenvalue weighted by molar-refractivity contribution is -0.138. The summed E-state index contributed by atoms with van der Waals surface area (Å²) in [6.45, 7) is 4.70. The molecule has 1 fully saturated rings. The molecule has 0 aliphatic carbocycles. The monoisotopic (exact) mass is 295 g/mol. The van der Waals surface area contributed by atoms with E-state index in [1.54, 1.807) is 24.8 Å². The molecule has 0 bridgehead atoms. The topological polar surface area (TPSA) is 49.8 Å². The Morgan fingerprint density at radius 3 is 2.52 bits per heavy atom. The van der Waals surface area contributed by atoms with Gasteiger partial charge < -0.3 is 14.7 Å². The van der Waals surface area contributed by atoms with E-state index in [1.807, 2.05) is 0 Å². The van der Waals surface area contributed by atoms with E-state index < -0.39 is 18.0 Å². The number of halogens is 1. The number of piperidine rings is 1. The molecule has 1 aliphatic heterocycles. The molecular weight excluding hydrogens is 273 g/mol. The van der Waals surface area contributed by atoms with E-state index in [4.69, 9.17) is 4.74 Å². The van der Waals surface area contributed by atoms with Crippen LogP contribution < -0.4 is 4.74 Å². The maximum atomic E-state index is 13.9. The number of rotatable bonds is 4. The van der Waals surface area contributed by atoms with Gasteiger partial charge in [0.2, 0.25) is 0 Å². The van der Waals surface area contributed by atoms with E-state index >= 15 is 0 Å². The number of hydrogen-bond acceptors (Lipinski definition) is 3. The van der Waals surface area contributed by atoms with E-state index in [-0.39, 0.29) is 11.7 Å². The van der Waals surface area contributed by atoms with Crippen LogP contribution >= 0.6 is 0 Å². The molecule has 21 heavy (non-hydrogen) atoms. The summed E-state index contributed by atoms with van der Waals surface area (Å²) in [5, 5.41) is 9.41. The van der Waals surface area contributed by atoms with Crippen molar-refractivity contribution in [3.05, 3.63) is 29.6 Å². The molecule has 1 amide bonds. The summed E-state index contributed by atoms with van der Waals surface area (Å²) in [5.41, 5.74) is 0.481. The summed E-state index contributed by atoms with van der Waals surface area (Å²) in [6.07, 6.45) is 1.72. The molecular formula is C16H22FNO3. The number of benzene rings is 1. The summed E-state index contributed by atoms with van der Waals surface area (Å²) >= 11 is 0. The minimum Gasteiger partial charge on any atom is -0.478 e. The predicted molar refractivity (Wildman–Crippen MR) is 77.6 cm³/mol. The molecule has 0 radical (unpaired) electrons. The van der Waals surface area contributed by atoms with Gasteiger partial charge in [0.25, 0.3) is 5.91 Å². The fourth-order valence-corrected chi connectivity index (χ4v) is 2.48. The summed E-state index contributed by atoms with van der Waals surface area (Å²) in [6, 6.07) is 4.29. The van der Waals surface area contributed by atoms with Crippen molar-refractivity contribution in [1.29, 1.82) is 0 Å². The van der Waals surface area contributed by atoms with Gasteiger partial charge in [0, 0.05) is 13.1 Å². The fourth-order valence-electron chi connectivity index (χ4n) is 2.48. The van der Waals surface area contributed by atoms with Crippen molar-refractivity contribution < 1.29 is 19.0 Å². The van der Waals surface area contributed by atoms with Gasteiger partial charge >= 0.3 is 0 Å². The molecule has 1 heterocycles. The third-order valence-corrected chi connectivity index (χ3v) is 3.76. The Hall–Kier alpha value is -1.62. The van der Waals surface area contributed by atoms with Crippen LogP contribution in [-0.2, 0) is 4.79 Å². The second-order valence-electron chi connectivity index (χ2n) is 5.51. The van der Waals surface area contributed by atoms with Crippen LogP contribution in [0.1, 0.15) is 44.8 Å². The standard InChI is InChI=1S/C16H22FNO3/c1-11(19)13-6-7-15(14(17)10-13)21-12(2)16(20)18-8-4-3-5-9-18/h6-7,10-12,19H,3-5,8-9H2,1-2H3/t11-,12?/m1/s1. The summed E-state index contributed by atoms with van der Waals surface area (Å²) in [4.78, 5) is 14.0. The van der Waals surface area contributed by atoms with Crippen molar-refractivity contribution in [1.82, 2.24) is 4.90 Å². The van der Waals surface area contributed by atoms with Crippen LogP contribution in [0.25, 0.3) is 0 Å². The maximum absolute atomic E-state index is 13.9. The molecule has 1 unspecified atom stereocenters. The lowest BCUT2D eigenvalue weighted by Crippen LogP contribution is -2.43. The van der Waals surface area contributed by atoms with Crippen molar-refractivity contribution >= 4 is 5.91 Å². The highest BCUT2D eigenvalue weighted by Gasteiger charge is 2.24. The van der Waals surface area contributed by atoms with E-state index in [1.165, 1.54) is 12.1 Å². The summed E-state index contributed by atoms with van der Waals surface area (Å²) in [5.74, 6) is -0.627. The quantitative estimate of drug-likeness (QED) is 0.929. The summed E-state index contributed by atoms with van der Waals surface area (Å²) < 4.78 is 19.4. The molecule has 0 spiro atoms. The normalized spacial score (nSPS) is 18.2. The lowest BCUT2D eigenvalue weighted by Gasteiger charge is -2.29. The van der Waals surface area contributed by atoms with Gasteiger partial charge in [-0.15, -0.1) is 0 Å². The number of amides is 1. The van der Waals surface area contributed by atoms with Crippen LogP contribution in [0.2, 0.25) is 0 Å². The first-order valence-corrected chi connectivity index (χ1v) is 7.42. The van der Waals surface area contributed by atoms with Crippen molar-refractivity contribution in [2.45, 2.75) is 45.3 Å². The lowest BCUT2D eigenvalue weighted by atomic mass is 10.1. The molecule has 0 aromatic heterocycles. The van der Waals surface area contributed by atoms with E-state index in [2.05, 4.69) is 0 Å². The predicted octanol–water partition coefficient (Wildman–Crippen LogP) is 2.66. The van der Waals surface area contributed by atoms with Crippen molar-refractivity contribution in [3.63, 3.8) is 0 Å². The van der Waals surface area contributed by atoms with E-state index in [0.29, 0.717) is 5.56 Å². The number of aliphatic hydroxyl groups is 1. The smallest absolute Gasteiger partial charge is 0.263 e. The zero-order valence-electron chi connectivity index (χ0n) is 12.5. The van der Waals surface area contributed by atoms with Gasteiger partial charge in [0.05, 0.1) is 6.10 Å². The fraction of sp³-hybridized carbons (Fsp3) is 0.562. The first-order valence-electron chi connectivity index (χ1n) is 7.42. The van der Waals surface area contributed by atoms with Gasteiger partial charge in [-0.2, -0.15) is 0 Å². The molecule has 116 valence electrons. The van der Waals surface area contributed by atoms with Crippen LogP contribution in [0, 0.1) is 5.82 Å². The Morgan fingerprint density at radius 1 is 1.29 bits per heavy atom. The minimum atomic E-state index is -0.735. The second kappa shape index (κ2) is 6.89. The Bertz CT molecular complexity index is 498. The Labute approximate surface area is 124 Å². The number of aliphatic hydroxyl groups excluding tert-OH is 1. The molecule has 1 N–H and O–H groups in total.